The zero-order chi connectivity index (χ0) is 27.3. The van der Waals surface area contributed by atoms with E-state index in [0.29, 0.717) is 25.4 Å². The highest BCUT2D eigenvalue weighted by molar-refractivity contribution is 5.81. The highest BCUT2D eigenvalue weighted by Gasteiger charge is 2.39. The first kappa shape index (κ1) is 33.0. The van der Waals surface area contributed by atoms with Gasteiger partial charge in [0.1, 0.15) is 25.9 Å². The van der Waals surface area contributed by atoms with Crippen molar-refractivity contribution in [2.45, 2.75) is 65.9 Å². The third-order valence-electron chi connectivity index (χ3n) is 5.75. The summed E-state index contributed by atoms with van der Waals surface area (Å²) in [6.45, 7) is 15.6. The van der Waals surface area contributed by atoms with Crippen LogP contribution in [0, 0.1) is 17.8 Å². The van der Waals surface area contributed by atoms with Gasteiger partial charge in [-0.3, -0.25) is 0 Å². The van der Waals surface area contributed by atoms with Crippen LogP contribution in [0.1, 0.15) is 59.8 Å². The maximum absolute atomic E-state index is 11.8. The van der Waals surface area contributed by atoms with Crippen LogP contribution in [-0.2, 0) is 28.5 Å². The van der Waals surface area contributed by atoms with Gasteiger partial charge < -0.3 is 29.6 Å². The number of carbonyl (C=O) groups is 4. The van der Waals surface area contributed by atoms with E-state index in [1.165, 1.54) is 25.7 Å². The molecule has 10 heteroatoms. The molecule has 4 unspecified atom stereocenters. The van der Waals surface area contributed by atoms with Gasteiger partial charge in [0.25, 0.3) is 0 Å². The van der Waals surface area contributed by atoms with Crippen LogP contribution in [0.5, 0.6) is 0 Å². The molecule has 2 aliphatic rings. The van der Waals surface area contributed by atoms with E-state index in [9.17, 15) is 19.2 Å². The molecule has 0 aromatic rings. The van der Waals surface area contributed by atoms with Crippen molar-refractivity contribution in [1.29, 1.82) is 0 Å². The lowest BCUT2D eigenvalue weighted by Gasteiger charge is -2.22. The molecule has 0 spiro atoms. The molecule has 2 aliphatic carbocycles. The second kappa shape index (κ2) is 20.2. The molecule has 2 bridgehead atoms. The molecule has 0 aromatic heterocycles. The zero-order valence-electron chi connectivity index (χ0n) is 22.2. The van der Waals surface area contributed by atoms with Gasteiger partial charge >= 0.3 is 24.1 Å². The van der Waals surface area contributed by atoms with E-state index in [4.69, 9.17) is 9.47 Å². The fourth-order valence-electron chi connectivity index (χ4n) is 4.03. The Labute approximate surface area is 215 Å². The van der Waals surface area contributed by atoms with E-state index >= 15 is 0 Å². The molecular formula is C26H44N2O8. The predicted octanol–water partition coefficient (Wildman–Crippen LogP) is 4.14. The molecule has 0 aliphatic heterocycles. The molecule has 36 heavy (non-hydrogen) atoms. The minimum absolute atomic E-state index is 0.0436. The molecule has 206 valence electrons. The number of hydrogen-bond donors (Lipinski definition) is 2. The largest absolute Gasteiger partial charge is 0.459 e. The molecule has 2 rings (SSSR count). The fourth-order valence-corrected chi connectivity index (χ4v) is 4.03. The summed E-state index contributed by atoms with van der Waals surface area (Å²) >= 11 is 0. The van der Waals surface area contributed by atoms with Crippen LogP contribution in [0.15, 0.2) is 25.3 Å². The fraction of sp³-hybridized carbons (Fsp3) is 0.692. The molecule has 0 saturated heterocycles. The van der Waals surface area contributed by atoms with E-state index in [-0.39, 0.29) is 19.8 Å². The molecule has 10 nitrogen and oxygen atoms in total. The molecular weight excluding hydrogens is 468 g/mol. The van der Waals surface area contributed by atoms with Gasteiger partial charge in [-0.2, -0.15) is 0 Å². The summed E-state index contributed by atoms with van der Waals surface area (Å²) in [5.41, 5.74) is 0. The molecule has 2 fully saturated rings. The monoisotopic (exact) mass is 512 g/mol. The number of esters is 2. The van der Waals surface area contributed by atoms with E-state index in [1.807, 2.05) is 20.8 Å². The molecule has 0 radical (unpaired) electrons. The first-order chi connectivity index (χ1) is 17.3. The first-order valence-electron chi connectivity index (χ1n) is 12.8. The van der Waals surface area contributed by atoms with Crippen molar-refractivity contribution in [2.75, 3.05) is 32.9 Å². The van der Waals surface area contributed by atoms with Gasteiger partial charge in [0.2, 0.25) is 0 Å². The van der Waals surface area contributed by atoms with Crippen molar-refractivity contribution in [2.24, 2.45) is 17.8 Å². The van der Waals surface area contributed by atoms with Crippen molar-refractivity contribution in [3.8, 4) is 0 Å². The summed E-state index contributed by atoms with van der Waals surface area (Å²) < 4.78 is 19.3. The van der Waals surface area contributed by atoms with E-state index in [2.05, 4.69) is 33.3 Å². The number of rotatable bonds is 12. The Hall–Kier alpha value is -3.04. The quantitative estimate of drug-likeness (QED) is 0.173. The van der Waals surface area contributed by atoms with Gasteiger partial charge in [-0.25, -0.2) is 19.2 Å². The topological polar surface area (TPSA) is 129 Å². The van der Waals surface area contributed by atoms with Crippen LogP contribution >= 0.6 is 0 Å². The third kappa shape index (κ3) is 14.4. The van der Waals surface area contributed by atoms with Gasteiger partial charge in [-0.05, 0) is 50.4 Å². The highest BCUT2D eigenvalue weighted by Crippen LogP contribution is 2.47. The maximum atomic E-state index is 11.8. The Balaban J connectivity index is 0.000000706. The first-order valence-corrected chi connectivity index (χ1v) is 12.8. The van der Waals surface area contributed by atoms with Crippen molar-refractivity contribution >= 4 is 24.1 Å². The Morgan fingerprint density at radius 2 is 1.53 bits per heavy atom. The van der Waals surface area contributed by atoms with E-state index in [0.717, 1.165) is 24.0 Å². The molecule has 2 N–H and O–H groups in total. The lowest BCUT2D eigenvalue weighted by Crippen LogP contribution is -2.35. The average molecular weight is 513 g/mol. The predicted molar refractivity (Wildman–Crippen MR) is 136 cm³/mol. The maximum Gasteiger partial charge on any atom is 0.407 e. The summed E-state index contributed by atoms with van der Waals surface area (Å²) in [6.07, 6.45) is 6.64. The number of alkyl carbamates (subject to hydrolysis) is 2. The number of amides is 2. The average Bonchev–Trinajstić information content (AvgIpc) is 3.53. The lowest BCUT2D eigenvalue weighted by atomic mass is 9.89. The van der Waals surface area contributed by atoms with Gasteiger partial charge in [0.05, 0.1) is 0 Å². The van der Waals surface area contributed by atoms with Crippen molar-refractivity contribution in [3.63, 3.8) is 0 Å². The lowest BCUT2D eigenvalue weighted by molar-refractivity contribution is -0.141. The smallest absolute Gasteiger partial charge is 0.407 e. The number of nitrogens with one attached hydrogen (secondary N) is 2. The number of ether oxygens (including phenoxy) is 4. The zero-order valence-corrected chi connectivity index (χ0v) is 22.2. The van der Waals surface area contributed by atoms with Gasteiger partial charge in [0.15, 0.2) is 0 Å². The molecule has 2 amide bonds. The second-order valence-electron chi connectivity index (χ2n) is 8.12. The molecule has 2 saturated carbocycles. The standard InChI is InChI=1S/C16H25NO4.C8H13NO4.C2H6/c1-3-14(10-20-15(18)4-2)21-16(19)17-9-13-8-11-5-6-12(13)7-11;1-3-7(10)12-5-6-13-8(11)9-4-2;1-2/h4,11-14H,2-3,5-10H2,1H3,(H,17,19);3H,1,4-6H2,2H3,(H,9,11);1-2H3. The van der Waals surface area contributed by atoms with Crippen molar-refractivity contribution < 1.29 is 38.1 Å². The minimum Gasteiger partial charge on any atom is -0.459 e. The van der Waals surface area contributed by atoms with Crippen LogP contribution in [-0.4, -0.2) is 63.1 Å². The Morgan fingerprint density at radius 3 is 2.06 bits per heavy atom. The van der Waals surface area contributed by atoms with Crippen LogP contribution in [0.2, 0.25) is 0 Å². The summed E-state index contributed by atoms with van der Waals surface area (Å²) in [5, 5.41) is 5.28. The van der Waals surface area contributed by atoms with Crippen LogP contribution in [0.3, 0.4) is 0 Å². The van der Waals surface area contributed by atoms with Crippen molar-refractivity contribution in [3.05, 3.63) is 25.3 Å². The van der Waals surface area contributed by atoms with E-state index in [1.54, 1.807) is 6.92 Å². The van der Waals surface area contributed by atoms with Crippen LogP contribution in [0.4, 0.5) is 9.59 Å². The molecule has 0 heterocycles. The highest BCUT2D eigenvalue weighted by atomic mass is 16.6. The van der Waals surface area contributed by atoms with Crippen LogP contribution in [0.25, 0.3) is 0 Å². The minimum atomic E-state index is -0.528. The summed E-state index contributed by atoms with van der Waals surface area (Å²) in [7, 11) is 0. The van der Waals surface area contributed by atoms with Crippen molar-refractivity contribution in [1.82, 2.24) is 10.6 Å². The Bertz CT molecular complexity index is 697. The number of fused-ring (bicyclic) bond motifs is 2. The molecule has 0 aromatic carbocycles. The SMILES string of the molecule is C=CC(=O)OCC(CC)OC(=O)NCC1CC2CCC1C2.C=CC(=O)OCCOC(=O)NCC.CC. The van der Waals surface area contributed by atoms with Crippen LogP contribution < -0.4 is 10.6 Å². The van der Waals surface area contributed by atoms with Gasteiger partial charge in [-0.15, -0.1) is 0 Å². The Morgan fingerprint density at radius 1 is 0.889 bits per heavy atom. The van der Waals surface area contributed by atoms with Gasteiger partial charge in [-0.1, -0.05) is 40.3 Å². The number of carbonyl (C=O) groups excluding carboxylic acids is 4. The number of hydrogen-bond acceptors (Lipinski definition) is 8. The Kier molecular flexibility index (Phi) is 18.5. The summed E-state index contributed by atoms with van der Waals surface area (Å²) in [4.78, 5) is 43.9. The summed E-state index contributed by atoms with van der Waals surface area (Å²) in [6, 6.07) is 0. The second-order valence-corrected chi connectivity index (χ2v) is 8.12. The molecule has 4 atom stereocenters. The third-order valence-corrected chi connectivity index (χ3v) is 5.75. The summed E-state index contributed by atoms with van der Waals surface area (Å²) in [5.74, 6) is 1.24. The normalized spacial score (nSPS) is 19.6. The van der Waals surface area contributed by atoms with E-state index < -0.39 is 30.2 Å². The van der Waals surface area contributed by atoms with Gasteiger partial charge in [0, 0.05) is 25.2 Å².